The topological polar surface area (TPSA) is 105 Å². The number of unbranched alkanes of at least 4 members (excludes halogenated alkanes) is 1. The van der Waals surface area contributed by atoms with Crippen LogP contribution in [0.5, 0.6) is 5.75 Å². The van der Waals surface area contributed by atoms with E-state index in [1.165, 1.54) is 0 Å². The van der Waals surface area contributed by atoms with Gasteiger partial charge in [-0.15, -0.1) is 12.4 Å². The Labute approximate surface area is 114 Å². The summed E-state index contributed by atoms with van der Waals surface area (Å²) in [5.41, 5.74) is 13.2. The zero-order valence-electron chi connectivity index (χ0n) is 10.6. The Balaban J connectivity index is 0.00000289. The van der Waals surface area contributed by atoms with E-state index < -0.39 is 0 Å². The number of aliphatic hydroxyl groups excluding tert-OH is 1. The Morgan fingerprint density at radius 1 is 1.39 bits per heavy atom. The van der Waals surface area contributed by atoms with Crippen LogP contribution >= 0.6 is 12.4 Å². The quantitative estimate of drug-likeness (QED) is 0.583. The van der Waals surface area contributed by atoms with Gasteiger partial charge >= 0.3 is 0 Å². The highest BCUT2D eigenvalue weighted by Crippen LogP contribution is 2.31. The van der Waals surface area contributed by atoms with Crippen LogP contribution in [0.25, 0.3) is 0 Å². The highest BCUT2D eigenvalue weighted by atomic mass is 35.5. The molecule has 1 aromatic heterocycles. The highest BCUT2D eigenvalue weighted by Gasteiger charge is 2.17. The average Bonchev–Trinajstić information content (AvgIpc) is 2.32. The molecule has 0 aliphatic carbocycles. The van der Waals surface area contributed by atoms with Crippen LogP contribution in [0.3, 0.4) is 0 Å². The number of pyridine rings is 1. The molecule has 1 heterocycles. The van der Waals surface area contributed by atoms with Gasteiger partial charge in [0.2, 0.25) is 0 Å². The number of hydrogen-bond acceptors (Lipinski definition) is 5. The molecular formula is C12H22ClN3O2. The van der Waals surface area contributed by atoms with Crippen molar-refractivity contribution in [2.75, 3.05) is 6.54 Å². The molecule has 18 heavy (non-hydrogen) atoms. The number of aromatic nitrogens is 1. The molecule has 0 saturated carbocycles. The van der Waals surface area contributed by atoms with E-state index in [9.17, 15) is 10.2 Å². The largest absolute Gasteiger partial charge is 0.506 e. The van der Waals surface area contributed by atoms with Crippen LogP contribution in [0.15, 0.2) is 6.20 Å². The molecule has 1 rings (SSSR count). The Kier molecular flexibility index (Phi) is 7.86. The van der Waals surface area contributed by atoms with Gasteiger partial charge in [-0.1, -0.05) is 6.42 Å². The third kappa shape index (κ3) is 4.10. The standard InChI is InChI=1S/C12H21N3O2.ClH/c1-8-12(17)11(9(7-16)6-15-8)10(14)4-2-3-5-13;/h6,10,16-17H,2-5,7,13-14H2,1H3;1H/t10-;/m0./s1. The van der Waals surface area contributed by atoms with Crippen LogP contribution in [-0.2, 0) is 6.61 Å². The van der Waals surface area contributed by atoms with E-state index in [4.69, 9.17) is 11.5 Å². The minimum Gasteiger partial charge on any atom is -0.506 e. The molecule has 6 N–H and O–H groups in total. The summed E-state index contributed by atoms with van der Waals surface area (Å²) in [5.74, 6) is 0.0943. The van der Waals surface area contributed by atoms with Gasteiger partial charge in [-0.25, -0.2) is 0 Å². The summed E-state index contributed by atoms with van der Waals surface area (Å²) < 4.78 is 0. The minimum atomic E-state index is -0.287. The molecule has 0 saturated heterocycles. The molecular weight excluding hydrogens is 254 g/mol. The molecule has 104 valence electrons. The van der Waals surface area contributed by atoms with Crippen molar-refractivity contribution in [1.29, 1.82) is 0 Å². The molecule has 0 aromatic carbocycles. The third-order valence-corrected chi connectivity index (χ3v) is 2.87. The second-order valence-electron chi connectivity index (χ2n) is 4.18. The van der Waals surface area contributed by atoms with Gasteiger partial charge < -0.3 is 21.7 Å². The van der Waals surface area contributed by atoms with Crippen molar-refractivity contribution in [3.05, 3.63) is 23.0 Å². The van der Waals surface area contributed by atoms with Crippen molar-refractivity contribution >= 4 is 12.4 Å². The van der Waals surface area contributed by atoms with E-state index in [1.54, 1.807) is 13.1 Å². The first kappa shape index (κ1) is 17.1. The normalized spacial score (nSPS) is 12.0. The third-order valence-electron chi connectivity index (χ3n) is 2.87. The van der Waals surface area contributed by atoms with E-state index in [1.807, 2.05) is 0 Å². The second kappa shape index (κ2) is 8.26. The van der Waals surface area contributed by atoms with Crippen molar-refractivity contribution in [3.8, 4) is 5.75 Å². The Morgan fingerprint density at radius 2 is 2.06 bits per heavy atom. The molecule has 0 amide bonds. The maximum Gasteiger partial charge on any atom is 0.141 e. The fourth-order valence-corrected chi connectivity index (χ4v) is 1.85. The van der Waals surface area contributed by atoms with Crippen molar-refractivity contribution in [3.63, 3.8) is 0 Å². The first-order valence-electron chi connectivity index (χ1n) is 5.85. The van der Waals surface area contributed by atoms with Crippen LogP contribution in [0.2, 0.25) is 0 Å². The summed E-state index contributed by atoms with van der Waals surface area (Å²) in [5, 5.41) is 19.2. The Morgan fingerprint density at radius 3 is 2.61 bits per heavy atom. The van der Waals surface area contributed by atoms with Gasteiger partial charge in [0.1, 0.15) is 5.75 Å². The number of rotatable bonds is 6. The van der Waals surface area contributed by atoms with Crippen LogP contribution in [0, 0.1) is 6.92 Å². The van der Waals surface area contributed by atoms with Crippen molar-refractivity contribution in [2.45, 2.75) is 38.8 Å². The first-order chi connectivity index (χ1) is 8.11. The van der Waals surface area contributed by atoms with E-state index in [0.29, 0.717) is 23.4 Å². The zero-order valence-corrected chi connectivity index (χ0v) is 11.4. The second-order valence-corrected chi connectivity index (χ2v) is 4.18. The molecule has 6 heteroatoms. The lowest BCUT2D eigenvalue weighted by Gasteiger charge is -2.17. The molecule has 0 aliphatic rings. The Bertz CT molecular complexity index is 375. The predicted octanol–water partition coefficient (Wildman–Crippen LogP) is 1.14. The average molecular weight is 276 g/mol. The molecule has 5 nitrogen and oxygen atoms in total. The van der Waals surface area contributed by atoms with Crippen LogP contribution < -0.4 is 11.5 Å². The number of nitrogens with zero attached hydrogens (tertiary/aromatic N) is 1. The zero-order chi connectivity index (χ0) is 12.8. The molecule has 0 aliphatic heterocycles. The molecule has 1 aromatic rings. The first-order valence-corrected chi connectivity index (χ1v) is 5.85. The lowest BCUT2D eigenvalue weighted by atomic mass is 9.96. The lowest BCUT2D eigenvalue weighted by molar-refractivity contribution is 0.277. The van der Waals surface area contributed by atoms with E-state index >= 15 is 0 Å². The Hall–Kier alpha value is -0.880. The molecule has 0 fully saturated rings. The van der Waals surface area contributed by atoms with Crippen LogP contribution in [0.1, 0.15) is 42.1 Å². The number of hydrogen-bond donors (Lipinski definition) is 4. The van der Waals surface area contributed by atoms with E-state index in [-0.39, 0.29) is 30.8 Å². The summed E-state index contributed by atoms with van der Waals surface area (Å²) in [6.07, 6.45) is 4.12. The van der Waals surface area contributed by atoms with Gasteiger partial charge in [0, 0.05) is 23.4 Å². The molecule has 0 bridgehead atoms. The minimum absolute atomic E-state index is 0. The number of aryl methyl sites for hydroxylation is 1. The summed E-state index contributed by atoms with van der Waals surface area (Å²) in [6, 6.07) is -0.287. The number of aliphatic hydroxyl groups is 1. The summed E-state index contributed by atoms with van der Waals surface area (Å²) >= 11 is 0. The summed E-state index contributed by atoms with van der Waals surface area (Å²) in [7, 11) is 0. The maximum atomic E-state index is 9.96. The highest BCUT2D eigenvalue weighted by molar-refractivity contribution is 5.85. The summed E-state index contributed by atoms with van der Waals surface area (Å²) in [6.45, 7) is 2.19. The van der Waals surface area contributed by atoms with E-state index in [2.05, 4.69) is 4.98 Å². The van der Waals surface area contributed by atoms with Gasteiger partial charge in [0.25, 0.3) is 0 Å². The van der Waals surface area contributed by atoms with Gasteiger partial charge in [-0.05, 0) is 26.3 Å². The van der Waals surface area contributed by atoms with E-state index in [0.717, 1.165) is 19.3 Å². The molecule has 0 radical (unpaired) electrons. The number of aromatic hydroxyl groups is 1. The SMILES string of the molecule is Cc1ncc(CO)c([C@@H](N)CCCCN)c1O.Cl. The predicted molar refractivity (Wildman–Crippen MR) is 73.6 cm³/mol. The van der Waals surface area contributed by atoms with Gasteiger partial charge in [0.15, 0.2) is 0 Å². The van der Waals surface area contributed by atoms with Crippen LogP contribution in [0.4, 0.5) is 0 Å². The lowest BCUT2D eigenvalue weighted by Crippen LogP contribution is -2.14. The van der Waals surface area contributed by atoms with Gasteiger partial charge in [0.05, 0.1) is 12.3 Å². The molecule has 0 unspecified atom stereocenters. The molecule has 1 atom stereocenters. The van der Waals surface area contributed by atoms with Crippen molar-refractivity contribution in [1.82, 2.24) is 4.98 Å². The van der Waals surface area contributed by atoms with Gasteiger partial charge in [-0.2, -0.15) is 0 Å². The monoisotopic (exact) mass is 275 g/mol. The van der Waals surface area contributed by atoms with Crippen molar-refractivity contribution in [2.24, 2.45) is 11.5 Å². The number of halogens is 1. The van der Waals surface area contributed by atoms with Crippen LogP contribution in [-0.4, -0.2) is 21.7 Å². The number of nitrogens with two attached hydrogens (primary N) is 2. The molecule has 0 spiro atoms. The van der Waals surface area contributed by atoms with Gasteiger partial charge in [-0.3, -0.25) is 4.98 Å². The fourth-order valence-electron chi connectivity index (χ4n) is 1.85. The fraction of sp³-hybridized carbons (Fsp3) is 0.583. The smallest absolute Gasteiger partial charge is 0.141 e. The summed E-state index contributed by atoms with van der Waals surface area (Å²) in [4.78, 5) is 4.00. The maximum absolute atomic E-state index is 9.96. The van der Waals surface area contributed by atoms with Crippen molar-refractivity contribution < 1.29 is 10.2 Å².